The highest BCUT2D eigenvalue weighted by Crippen LogP contribution is 2.37. The molecule has 0 bridgehead atoms. The third-order valence-corrected chi connectivity index (χ3v) is 6.26. The zero-order chi connectivity index (χ0) is 23.5. The summed E-state index contributed by atoms with van der Waals surface area (Å²) in [5.41, 5.74) is 7.25. The quantitative estimate of drug-likeness (QED) is 0.492. The van der Waals surface area contributed by atoms with Crippen LogP contribution in [-0.4, -0.2) is 51.8 Å². The summed E-state index contributed by atoms with van der Waals surface area (Å²) in [7, 11) is 0.246. The van der Waals surface area contributed by atoms with Gasteiger partial charge >= 0.3 is 5.97 Å². The molecule has 32 heavy (non-hydrogen) atoms. The van der Waals surface area contributed by atoms with Crippen LogP contribution in [-0.2, 0) is 21.3 Å². The molecule has 0 aliphatic heterocycles. The van der Waals surface area contributed by atoms with Crippen LogP contribution in [0.4, 0.5) is 4.39 Å². The number of carbonyl (C=O) groups excluding carboxylic acids is 1. The molecule has 0 amide bonds. The minimum absolute atomic E-state index is 0.00350. The first-order chi connectivity index (χ1) is 15.2. The Kier molecular flexibility index (Phi) is 6.92. The van der Waals surface area contributed by atoms with E-state index in [1.54, 1.807) is 0 Å². The van der Waals surface area contributed by atoms with E-state index < -0.39 is 21.8 Å². The van der Waals surface area contributed by atoms with Crippen LogP contribution in [0.15, 0.2) is 53.5 Å². The van der Waals surface area contributed by atoms with Crippen LogP contribution in [0.3, 0.4) is 0 Å². The molecule has 11 heteroatoms. The first-order valence-corrected chi connectivity index (χ1v) is 11.0. The number of carbonyl (C=O) groups is 1. The Morgan fingerprint density at radius 2 is 2.00 bits per heavy atom. The van der Waals surface area contributed by atoms with E-state index >= 15 is 0 Å². The SMILES string of the molecule is CNS(=O)(=O)c1ccc(OC)c(-c2cc(C(=O)OC)cc3c2ncn3C/C(F)=C/CN)c1. The van der Waals surface area contributed by atoms with Crippen molar-refractivity contribution in [1.82, 2.24) is 14.3 Å². The Hall–Kier alpha value is -3.28. The Bertz CT molecular complexity index is 1300. The van der Waals surface area contributed by atoms with Gasteiger partial charge in [0.1, 0.15) is 11.6 Å². The summed E-state index contributed by atoms with van der Waals surface area (Å²) < 4.78 is 52.9. The van der Waals surface area contributed by atoms with Crippen molar-refractivity contribution < 1.29 is 27.1 Å². The fraction of sp³-hybridized carbons (Fsp3) is 0.238. The lowest BCUT2D eigenvalue weighted by Crippen LogP contribution is -2.18. The van der Waals surface area contributed by atoms with Crippen molar-refractivity contribution in [2.45, 2.75) is 11.4 Å². The van der Waals surface area contributed by atoms with Gasteiger partial charge in [0.05, 0.1) is 48.6 Å². The molecule has 0 spiro atoms. The number of nitrogens with two attached hydrogens (primary N) is 1. The second kappa shape index (κ2) is 9.47. The van der Waals surface area contributed by atoms with Gasteiger partial charge in [0, 0.05) is 17.7 Å². The van der Waals surface area contributed by atoms with E-state index in [9.17, 15) is 17.6 Å². The maximum absolute atomic E-state index is 14.1. The Morgan fingerprint density at radius 3 is 2.62 bits per heavy atom. The van der Waals surface area contributed by atoms with Gasteiger partial charge in [-0.1, -0.05) is 0 Å². The highest BCUT2D eigenvalue weighted by Gasteiger charge is 2.21. The summed E-state index contributed by atoms with van der Waals surface area (Å²) in [5.74, 6) is -0.708. The summed E-state index contributed by atoms with van der Waals surface area (Å²) in [6.45, 7) is -0.0931. The van der Waals surface area contributed by atoms with Crippen LogP contribution in [0.1, 0.15) is 10.4 Å². The molecule has 0 radical (unpaired) electrons. The topological polar surface area (TPSA) is 126 Å². The molecule has 1 aromatic heterocycles. The number of halogens is 1. The second-order valence-electron chi connectivity index (χ2n) is 6.71. The highest BCUT2D eigenvalue weighted by atomic mass is 32.2. The molecular formula is C21H23FN4O5S. The number of methoxy groups -OCH3 is 2. The first-order valence-electron chi connectivity index (χ1n) is 9.49. The average Bonchev–Trinajstić information content (AvgIpc) is 3.20. The van der Waals surface area contributed by atoms with Crippen molar-refractivity contribution in [1.29, 1.82) is 0 Å². The fourth-order valence-electron chi connectivity index (χ4n) is 3.27. The number of nitrogens with zero attached hydrogens (tertiary/aromatic N) is 2. The number of esters is 1. The van der Waals surface area contributed by atoms with E-state index in [0.29, 0.717) is 27.9 Å². The van der Waals surface area contributed by atoms with E-state index in [1.807, 2.05) is 0 Å². The minimum Gasteiger partial charge on any atom is -0.496 e. The zero-order valence-electron chi connectivity index (χ0n) is 17.8. The van der Waals surface area contributed by atoms with Crippen molar-refractivity contribution in [3.05, 3.63) is 54.1 Å². The molecule has 0 fully saturated rings. The number of sulfonamides is 1. The van der Waals surface area contributed by atoms with Gasteiger partial charge in [0.2, 0.25) is 10.0 Å². The van der Waals surface area contributed by atoms with Crippen LogP contribution < -0.4 is 15.2 Å². The number of hydrogen-bond donors (Lipinski definition) is 2. The summed E-state index contributed by atoms with van der Waals surface area (Å²) in [5, 5.41) is 0. The standard InChI is InChI=1S/C21H23FN4O5S/c1-24-32(28,29)15-4-5-19(30-2)16(10-15)17-8-13(21(27)31-3)9-18-20(17)25-12-26(18)11-14(22)6-7-23/h4-6,8-10,12,24H,7,11,23H2,1-3H3/b14-6-. The Morgan fingerprint density at radius 1 is 1.25 bits per heavy atom. The van der Waals surface area contributed by atoms with Gasteiger partial charge < -0.3 is 19.8 Å². The molecule has 2 aromatic carbocycles. The van der Waals surface area contributed by atoms with Gasteiger partial charge in [-0.3, -0.25) is 0 Å². The van der Waals surface area contributed by atoms with Gasteiger partial charge in [-0.25, -0.2) is 27.3 Å². The molecule has 0 aliphatic carbocycles. The van der Waals surface area contributed by atoms with Crippen molar-refractivity contribution in [3.63, 3.8) is 0 Å². The lowest BCUT2D eigenvalue weighted by atomic mass is 10.00. The molecule has 0 saturated heterocycles. The highest BCUT2D eigenvalue weighted by molar-refractivity contribution is 7.89. The van der Waals surface area contributed by atoms with Crippen molar-refractivity contribution in [3.8, 4) is 16.9 Å². The van der Waals surface area contributed by atoms with Crippen LogP contribution in [0, 0.1) is 0 Å². The number of nitrogens with one attached hydrogen (secondary N) is 1. The number of rotatable bonds is 8. The van der Waals surface area contributed by atoms with Gasteiger partial charge in [-0.05, 0) is 43.5 Å². The van der Waals surface area contributed by atoms with Gasteiger partial charge in [0.15, 0.2) is 0 Å². The number of fused-ring (bicyclic) bond motifs is 1. The predicted octanol–water partition coefficient (Wildman–Crippen LogP) is 2.22. The molecule has 3 aromatic rings. The average molecular weight is 463 g/mol. The van der Waals surface area contributed by atoms with E-state index in [-0.39, 0.29) is 23.5 Å². The van der Waals surface area contributed by atoms with E-state index in [0.717, 1.165) is 0 Å². The molecule has 3 rings (SSSR count). The molecular weight excluding hydrogens is 439 g/mol. The van der Waals surface area contributed by atoms with E-state index in [4.69, 9.17) is 15.2 Å². The smallest absolute Gasteiger partial charge is 0.337 e. The zero-order valence-corrected chi connectivity index (χ0v) is 18.6. The van der Waals surface area contributed by atoms with Crippen LogP contribution in [0.5, 0.6) is 5.75 Å². The lowest BCUT2D eigenvalue weighted by molar-refractivity contribution is 0.0601. The normalized spacial score (nSPS) is 12.2. The van der Waals surface area contributed by atoms with Crippen molar-refractivity contribution >= 4 is 27.0 Å². The second-order valence-corrected chi connectivity index (χ2v) is 8.60. The fourth-order valence-corrected chi connectivity index (χ4v) is 4.02. The summed E-state index contributed by atoms with van der Waals surface area (Å²) in [6.07, 6.45) is 2.67. The summed E-state index contributed by atoms with van der Waals surface area (Å²) >= 11 is 0. The summed E-state index contributed by atoms with van der Waals surface area (Å²) in [4.78, 5) is 16.7. The first kappa shape index (κ1) is 23.4. The maximum atomic E-state index is 14.1. The van der Waals surface area contributed by atoms with E-state index in [2.05, 4.69) is 9.71 Å². The molecule has 0 saturated carbocycles. The van der Waals surface area contributed by atoms with Crippen LogP contribution >= 0.6 is 0 Å². The number of imidazole rings is 1. The number of hydrogen-bond acceptors (Lipinski definition) is 7. The lowest BCUT2D eigenvalue weighted by Gasteiger charge is -2.13. The maximum Gasteiger partial charge on any atom is 0.337 e. The largest absolute Gasteiger partial charge is 0.496 e. The van der Waals surface area contributed by atoms with Crippen molar-refractivity contribution in [2.75, 3.05) is 27.8 Å². The summed E-state index contributed by atoms with van der Waals surface area (Å²) in [6, 6.07) is 7.41. The van der Waals surface area contributed by atoms with Crippen molar-refractivity contribution in [2.24, 2.45) is 5.73 Å². The number of ether oxygens (including phenoxy) is 2. The van der Waals surface area contributed by atoms with Gasteiger partial charge in [-0.15, -0.1) is 0 Å². The molecule has 9 nitrogen and oxygen atoms in total. The third kappa shape index (κ3) is 4.49. The molecule has 0 unspecified atom stereocenters. The van der Waals surface area contributed by atoms with Gasteiger partial charge in [-0.2, -0.15) is 0 Å². The minimum atomic E-state index is -3.75. The Balaban J connectivity index is 2.33. The van der Waals surface area contributed by atoms with Crippen LogP contribution in [0.2, 0.25) is 0 Å². The molecule has 170 valence electrons. The number of allylic oxidation sites excluding steroid dienone is 1. The van der Waals surface area contributed by atoms with E-state index in [1.165, 1.54) is 68.6 Å². The monoisotopic (exact) mass is 462 g/mol. The molecule has 0 aliphatic rings. The Labute approximate surface area is 184 Å². The third-order valence-electron chi connectivity index (χ3n) is 4.85. The molecule has 0 atom stereocenters. The van der Waals surface area contributed by atoms with Crippen LogP contribution in [0.25, 0.3) is 22.2 Å². The number of aromatic nitrogens is 2. The van der Waals surface area contributed by atoms with Gasteiger partial charge in [0.25, 0.3) is 0 Å². The number of benzene rings is 2. The predicted molar refractivity (Wildman–Crippen MR) is 118 cm³/mol. The molecule has 1 heterocycles. The molecule has 3 N–H and O–H groups in total.